The lowest BCUT2D eigenvalue weighted by atomic mass is 9.62. The molecule has 23 heavy (non-hydrogen) atoms. The Morgan fingerprint density at radius 2 is 1.35 bits per heavy atom. The van der Waals surface area contributed by atoms with Gasteiger partial charge in [-0.05, 0) is 43.7 Å². The second kappa shape index (κ2) is 6.66. The van der Waals surface area contributed by atoms with Crippen LogP contribution in [-0.2, 0) is 5.41 Å². The van der Waals surface area contributed by atoms with Gasteiger partial charge in [-0.2, -0.15) is 0 Å². The maximum absolute atomic E-state index is 10.5. The predicted molar refractivity (Wildman–Crippen MR) is 93.9 cm³/mol. The Hall–Kier alpha value is -1.96. The number of benzene rings is 2. The molecule has 2 nitrogen and oxygen atoms in total. The minimum Gasteiger partial charge on any atom is -0.508 e. The number of hydrogen-bond donors (Lipinski definition) is 2. The van der Waals surface area contributed by atoms with Crippen LogP contribution in [0.1, 0.15) is 56.6 Å². The van der Waals surface area contributed by atoms with E-state index in [-0.39, 0.29) is 5.41 Å². The summed E-state index contributed by atoms with van der Waals surface area (Å²) in [6, 6.07) is 15.2. The average Bonchev–Trinajstić information content (AvgIpc) is 2.57. The number of phenols is 2. The van der Waals surface area contributed by atoms with Crippen LogP contribution in [0.25, 0.3) is 0 Å². The quantitative estimate of drug-likeness (QED) is 0.796. The van der Waals surface area contributed by atoms with Crippen LogP contribution in [0.3, 0.4) is 0 Å². The maximum Gasteiger partial charge on any atom is 0.119 e. The molecule has 0 atom stereocenters. The third-order valence-corrected chi connectivity index (χ3v) is 5.49. The zero-order valence-electron chi connectivity index (χ0n) is 13.8. The molecule has 122 valence electrons. The van der Waals surface area contributed by atoms with Gasteiger partial charge >= 0.3 is 0 Å². The van der Waals surface area contributed by atoms with Crippen LogP contribution in [-0.4, -0.2) is 10.2 Å². The first kappa shape index (κ1) is 15.9. The van der Waals surface area contributed by atoms with E-state index in [4.69, 9.17) is 0 Å². The van der Waals surface area contributed by atoms with E-state index in [0.717, 1.165) is 42.7 Å². The first-order valence-corrected chi connectivity index (χ1v) is 8.74. The van der Waals surface area contributed by atoms with Crippen LogP contribution in [0.15, 0.2) is 48.5 Å². The highest BCUT2D eigenvalue weighted by atomic mass is 16.3. The van der Waals surface area contributed by atoms with Gasteiger partial charge in [-0.3, -0.25) is 0 Å². The summed E-state index contributed by atoms with van der Waals surface area (Å²) < 4.78 is 0. The summed E-state index contributed by atoms with van der Waals surface area (Å²) in [7, 11) is 0. The second-order valence-electron chi connectivity index (χ2n) is 6.85. The largest absolute Gasteiger partial charge is 0.508 e. The number of hydrogen-bond acceptors (Lipinski definition) is 2. The molecular weight excluding hydrogens is 284 g/mol. The molecule has 3 rings (SSSR count). The fourth-order valence-corrected chi connectivity index (χ4v) is 4.31. The van der Waals surface area contributed by atoms with Gasteiger partial charge in [0.25, 0.3) is 0 Å². The Morgan fingerprint density at radius 3 is 1.78 bits per heavy atom. The summed E-state index contributed by atoms with van der Waals surface area (Å²) in [6.07, 6.45) is 6.76. The lowest BCUT2D eigenvalue weighted by molar-refractivity contribution is 0.245. The highest BCUT2D eigenvalue weighted by Gasteiger charge is 2.41. The summed E-state index contributed by atoms with van der Waals surface area (Å²) in [6.45, 7) is 2.24. The first-order valence-electron chi connectivity index (χ1n) is 8.74. The van der Waals surface area contributed by atoms with Crippen molar-refractivity contribution in [2.75, 3.05) is 0 Å². The summed E-state index contributed by atoms with van der Waals surface area (Å²) in [5, 5.41) is 20.9. The van der Waals surface area contributed by atoms with Crippen molar-refractivity contribution in [1.29, 1.82) is 0 Å². The van der Waals surface area contributed by atoms with E-state index in [9.17, 15) is 10.2 Å². The first-order chi connectivity index (χ1) is 11.2. The fourth-order valence-electron chi connectivity index (χ4n) is 4.31. The zero-order chi connectivity index (χ0) is 16.3. The molecule has 2 N–H and O–H groups in total. The van der Waals surface area contributed by atoms with Crippen molar-refractivity contribution in [3.8, 4) is 11.5 Å². The highest BCUT2D eigenvalue weighted by Crippen LogP contribution is 2.51. The molecular formula is C21H26O2. The Bertz CT molecular complexity index is 607. The van der Waals surface area contributed by atoms with Gasteiger partial charge in [0, 0.05) is 16.5 Å². The molecule has 0 unspecified atom stereocenters. The molecule has 2 aromatic rings. The van der Waals surface area contributed by atoms with E-state index in [0.29, 0.717) is 11.5 Å². The topological polar surface area (TPSA) is 40.5 Å². The number of phenolic OH excluding ortho intramolecular Hbond substituents is 2. The van der Waals surface area contributed by atoms with Gasteiger partial charge in [0.2, 0.25) is 0 Å². The Morgan fingerprint density at radius 1 is 0.870 bits per heavy atom. The molecule has 0 aromatic heterocycles. The van der Waals surface area contributed by atoms with Crippen molar-refractivity contribution >= 4 is 0 Å². The van der Waals surface area contributed by atoms with Gasteiger partial charge < -0.3 is 10.2 Å². The third-order valence-electron chi connectivity index (χ3n) is 5.49. The van der Waals surface area contributed by atoms with Crippen LogP contribution in [0, 0.1) is 5.92 Å². The lowest BCUT2D eigenvalue weighted by Crippen LogP contribution is -2.33. The molecule has 1 saturated carbocycles. The monoisotopic (exact) mass is 310 g/mol. The maximum atomic E-state index is 10.5. The molecule has 1 aliphatic carbocycles. The molecule has 0 radical (unpaired) electrons. The van der Waals surface area contributed by atoms with E-state index in [2.05, 4.69) is 6.92 Å². The van der Waals surface area contributed by atoms with Crippen molar-refractivity contribution in [3.05, 3.63) is 59.7 Å². The third kappa shape index (κ3) is 2.95. The number of aromatic hydroxyl groups is 2. The standard InChI is InChI=1S/C21H26O2/c1-2-7-16-12-14-21(15-13-16,17-8-3-5-10-19(17)22)18-9-4-6-11-20(18)23/h3-6,8-11,16,22-23H,2,7,12-15H2,1H3. The highest BCUT2D eigenvalue weighted by molar-refractivity contribution is 5.51. The van der Waals surface area contributed by atoms with Crippen molar-refractivity contribution in [3.63, 3.8) is 0 Å². The molecule has 1 aliphatic rings. The van der Waals surface area contributed by atoms with Crippen molar-refractivity contribution in [1.82, 2.24) is 0 Å². The van der Waals surface area contributed by atoms with Gasteiger partial charge in [0.15, 0.2) is 0 Å². The van der Waals surface area contributed by atoms with E-state index in [1.165, 1.54) is 12.8 Å². The Labute approximate surface area is 138 Å². The van der Waals surface area contributed by atoms with Crippen LogP contribution < -0.4 is 0 Å². The summed E-state index contributed by atoms with van der Waals surface area (Å²) in [5.41, 5.74) is 1.63. The fraction of sp³-hybridized carbons (Fsp3) is 0.429. The second-order valence-corrected chi connectivity index (χ2v) is 6.85. The van der Waals surface area contributed by atoms with E-state index < -0.39 is 0 Å². The minimum atomic E-state index is -0.277. The normalized spacial score (nSPS) is 18.0. The van der Waals surface area contributed by atoms with Crippen molar-refractivity contribution < 1.29 is 10.2 Å². The van der Waals surface area contributed by atoms with E-state index >= 15 is 0 Å². The lowest BCUT2D eigenvalue weighted by Gasteiger charge is -2.41. The summed E-state index contributed by atoms with van der Waals surface area (Å²) >= 11 is 0. The Balaban J connectivity index is 2.05. The van der Waals surface area contributed by atoms with Crippen molar-refractivity contribution in [2.45, 2.75) is 50.9 Å². The smallest absolute Gasteiger partial charge is 0.119 e. The SMILES string of the molecule is CCCC1CCC(c2ccccc2O)(c2ccccc2O)CC1. The van der Waals surface area contributed by atoms with Gasteiger partial charge in [0.05, 0.1) is 0 Å². The molecule has 0 bridgehead atoms. The van der Waals surface area contributed by atoms with Crippen molar-refractivity contribution in [2.24, 2.45) is 5.92 Å². The average molecular weight is 310 g/mol. The molecule has 0 spiro atoms. The zero-order valence-corrected chi connectivity index (χ0v) is 13.8. The molecule has 0 heterocycles. The molecule has 2 heteroatoms. The number of para-hydroxylation sites is 2. The van der Waals surface area contributed by atoms with Crippen LogP contribution in [0.4, 0.5) is 0 Å². The van der Waals surface area contributed by atoms with Gasteiger partial charge in [-0.1, -0.05) is 56.2 Å². The predicted octanol–water partition coefficient (Wildman–Crippen LogP) is 5.37. The van der Waals surface area contributed by atoms with Gasteiger partial charge in [-0.15, -0.1) is 0 Å². The summed E-state index contributed by atoms with van der Waals surface area (Å²) in [5.74, 6) is 1.44. The van der Waals surface area contributed by atoms with Crippen LogP contribution in [0.2, 0.25) is 0 Å². The minimum absolute atomic E-state index is 0.277. The van der Waals surface area contributed by atoms with Crippen LogP contribution >= 0.6 is 0 Å². The molecule has 2 aromatic carbocycles. The molecule has 0 aliphatic heterocycles. The van der Waals surface area contributed by atoms with Crippen LogP contribution in [0.5, 0.6) is 11.5 Å². The number of rotatable bonds is 4. The van der Waals surface area contributed by atoms with Gasteiger partial charge in [0.1, 0.15) is 11.5 Å². The molecule has 1 fully saturated rings. The van der Waals surface area contributed by atoms with Gasteiger partial charge in [-0.25, -0.2) is 0 Å². The van der Waals surface area contributed by atoms with E-state index in [1.54, 1.807) is 12.1 Å². The Kier molecular flexibility index (Phi) is 4.61. The molecule has 0 saturated heterocycles. The summed E-state index contributed by atoms with van der Waals surface area (Å²) in [4.78, 5) is 0. The molecule has 0 amide bonds. The van der Waals surface area contributed by atoms with E-state index in [1.807, 2.05) is 36.4 Å².